The number of likely N-dealkylation sites (N-methyl/N-ethyl adjacent to an activating group) is 1. The van der Waals surface area contributed by atoms with Gasteiger partial charge >= 0.3 is 0 Å². The number of hydrogen-bond acceptors (Lipinski definition) is 2. The smallest absolute Gasteiger partial charge is 0.254 e. The minimum absolute atomic E-state index is 0.0732. The Hall–Kier alpha value is -2.30. The predicted octanol–water partition coefficient (Wildman–Crippen LogP) is 3.03. The highest BCUT2D eigenvalue weighted by Crippen LogP contribution is 2.29. The van der Waals surface area contributed by atoms with Crippen molar-refractivity contribution in [1.29, 1.82) is 0 Å². The maximum Gasteiger partial charge on any atom is 0.254 e. The maximum absolute atomic E-state index is 12.9. The molecule has 1 heterocycles. The third-order valence-corrected chi connectivity index (χ3v) is 4.80. The average molecular weight is 341 g/mol. The van der Waals surface area contributed by atoms with Crippen LogP contribution in [0, 0.1) is 0 Å². The van der Waals surface area contributed by atoms with Crippen molar-refractivity contribution < 1.29 is 9.59 Å². The zero-order chi connectivity index (χ0) is 18.0. The summed E-state index contributed by atoms with van der Waals surface area (Å²) in [7, 11) is 0. The van der Waals surface area contributed by atoms with Crippen LogP contribution in [0.5, 0.6) is 0 Å². The molecule has 2 aromatic rings. The molecule has 0 bridgehead atoms. The summed E-state index contributed by atoms with van der Waals surface area (Å²) < 4.78 is 0. The standard InChI is InChI=1S/C20H27N3O2/c1-4-23(12-19(24)21-13(2)3)20(25)14-9-10-18-16(11-14)15-7-5-6-8-17(15)22-18/h9-11,13,22H,4-8,12H2,1-3H3,(H,21,24). The van der Waals surface area contributed by atoms with Gasteiger partial charge in [-0.05, 0) is 70.2 Å². The molecule has 1 aliphatic carbocycles. The molecule has 0 saturated carbocycles. The normalized spacial score (nSPS) is 13.8. The topological polar surface area (TPSA) is 65.2 Å². The van der Waals surface area contributed by atoms with Crippen LogP contribution in [0.3, 0.4) is 0 Å². The lowest BCUT2D eigenvalue weighted by Gasteiger charge is -2.21. The van der Waals surface area contributed by atoms with Crippen molar-refractivity contribution in [2.45, 2.75) is 52.5 Å². The van der Waals surface area contributed by atoms with Gasteiger partial charge in [-0.2, -0.15) is 0 Å². The summed E-state index contributed by atoms with van der Waals surface area (Å²) >= 11 is 0. The van der Waals surface area contributed by atoms with E-state index >= 15 is 0 Å². The van der Waals surface area contributed by atoms with Gasteiger partial charge in [0.25, 0.3) is 5.91 Å². The Labute approximate surface area is 148 Å². The van der Waals surface area contributed by atoms with Gasteiger partial charge in [0.15, 0.2) is 0 Å². The van der Waals surface area contributed by atoms with E-state index in [9.17, 15) is 9.59 Å². The lowest BCUT2D eigenvalue weighted by molar-refractivity contribution is -0.122. The molecule has 0 unspecified atom stereocenters. The summed E-state index contributed by atoms with van der Waals surface area (Å²) in [5.41, 5.74) is 4.43. The van der Waals surface area contributed by atoms with Crippen molar-refractivity contribution in [1.82, 2.24) is 15.2 Å². The van der Waals surface area contributed by atoms with E-state index in [4.69, 9.17) is 0 Å². The zero-order valence-corrected chi connectivity index (χ0v) is 15.3. The van der Waals surface area contributed by atoms with Crippen molar-refractivity contribution >= 4 is 22.7 Å². The van der Waals surface area contributed by atoms with E-state index < -0.39 is 0 Å². The number of amides is 2. The van der Waals surface area contributed by atoms with Gasteiger partial charge in [-0.15, -0.1) is 0 Å². The van der Waals surface area contributed by atoms with Crippen LogP contribution in [0.2, 0.25) is 0 Å². The number of aryl methyl sites for hydroxylation is 2. The molecule has 25 heavy (non-hydrogen) atoms. The first-order valence-electron chi connectivity index (χ1n) is 9.21. The molecule has 1 aromatic carbocycles. The Morgan fingerprint density at radius 3 is 2.72 bits per heavy atom. The fourth-order valence-corrected chi connectivity index (χ4v) is 3.59. The highest BCUT2D eigenvalue weighted by Gasteiger charge is 2.20. The number of carbonyl (C=O) groups excluding carboxylic acids is 2. The zero-order valence-electron chi connectivity index (χ0n) is 15.3. The molecule has 1 aromatic heterocycles. The highest BCUT2D eigenvalue weighted by molar-refractivity contribution is 6.00. The second-order valence-corrected chi connectivity index (χ2v) is 7.09. The molecule has 5 heteroatoms. The van der Waals surface area contributed by atoms with Crippen molar-refractivity contribution in [2.24, 2.45) is 0 Å². The summed E-state index contributed by atoms with van der Waals surface area (Å²) in [6.45, 7) is 6.33. The number of nitrogens with zero attached hydrogens (tertiary/aromatic N) is 1. The number of H-pyrrole nitrogens is 1. The molecule has 134 valence electrons. The Morgan fingerprint density at radius 2 is 2.00 bits per heavy atom. The van der Waals surface area contributed by atoms with Gasteiger partial charge in [0.05, 0.1) is 6.54 Å². The monoisotopic (exact) mass is 341 g/mol. The number of fused-ring (bicyclic) bond motifs is 3. The number of nitrogens with one attached hydrogen (secondary N) is 2. The van der Waals surface area contributed by atoms with Crippen molar-refractivity contribution in [3.63, 3.8) is 0 Å². The van der Waals surface area contributed by atoms with Crippen molar-refractivity contribution in [3.05, 3.63) is 35.0 Å². The molecule has 0 aliphatic heterocycles. The lowest BCUT2D eigenvalue weighted by atomic mass is 9.95. The molecule has 1 aliphatic rings. The first-order chi connectivity index (χ1) is 12.0. The first-order valence-corrected chi connectivity index (χ1v) is 9.21. The second-order valence-electron chi connectivity index (χ2n) is 7.09. The van der Waals surface area contributed by atoms with Crippen LogP contribution in [0.4, 0.5) is 0 Å². The number of hydrogen-bond donors (Lipinski definition) is 2. The Morgan fingerprint density at radius 1 is 1.24 bits per heavy atom. The van der Waals surface area contributed by atoms with Gasteiger partial charge in [0, 0.05) is 34.7 Å². The van der Waals surface area contributed by atoms with E-state index in [2.05, 4.69) is 10.3 Å². The van der Waals surface area contributed by atoms with Crippen LogP contribution >= 0.6 is 0 Å². The van der Waals surface area contributed by atoms with Crippen LogP contribution in [0.25, 0.3) is 10.9 Å². The second kappa shape index (κ2) is 7.30. The van der Waals surface area contributed by atoms with Crippen LogP contribution in [0.1, 0.15) is 55.2 Å². The van der Waals surface area contributed by atoms with Gasteiger partial charge in [-0.3, -0.25) is 9.59 Å². The molecule has 0 radical (unpaired) electrons. The van der Waals surface area contributed by atoms with Crippen LogP contribution in [-0.4, -0.2) is 40.8 Å². The fourth-order valence-electron chi connectivity index (χ4n) is 3.59. The van der Waals surface area contributed by atoms with Crippen molar-refractivity contribution in [3.8, 4) is 0 Å². The van der Waals surface area contributed by atoms with Crippen LogP contribution in [0.15, 0.2) is 18.2 Å². The van der Waals surface area contributed by atoms with E-state index in [1.165, 1.54) is 24.1 Å². The third-order valence-electron chi connectivity index (χ3n) is 4.80. The van der Waals surface area contributed by atoms with Crippen molar-refractivity contribution in [2.75, 3.05) is 13.1 Å². The summed E-state index contributed by atoms with van der Waals surface area (Å²) in [4.78, 5) is 30.0. The quantitative estimate of drug-likeness (QED) is 0.878. The summed E-state index contributed by atoms with van der Waals surface area (Å²) in [5.74, 6) is -0.209. The molecule has 0 atom stereocenters. The van der Waals surface area contributed by atoms with Gasteiger partial charge in [-0.1, -0.05) is 0 Å². The number of carbonyl (C=O) groups is 2. The lowest BCUT2D eigenvalue weighted by Crippen LogP contribution is -2.42. The molecule has 5 nitrogen and oxygen atoms in total. The Balaban J connectivity index is 1.84. The van der Waals surface area contributed by atoms with E-state index in [0.29, 0.717) is 12.1 Å². The minimum atomic E-state index is -0.120. The van der Waals surface area contributed by atoms with Gasteiger partial charge in [0.2, 0.25) is 5.91 Å². The molecule has 0 saturated heterocycles. The largest absolute Gasteiger partial charge is 0.358 e. The number of aromatic amines is 1. The minimum Gasteiger partial charge on any atom is -0.358 e. The molecular weight excluding hydrogens is 314 g/mol. The number of rotatable bonds is 5. The van der Waals surface area contributed by atoms with Crippen LogP contribution < -0.4 is 5.32 Å². The molecule has 3 rings (SSSR count). The van der Waals surface area contributed by atoms with E-state index in [1.807, 2.05) is 39.0 Å². The molecule has 0 spiro atoms. The third kappa shape index (κ3) is 3.70. The summed E-state index contributed by atoms with van der Waals surface area (Å²) in [6.07, 6.45) is 4.58. The van der Waals surface area contributed by atoms with Gasteiger partial charge < -0.3 is 15.2 Å². The molecule has 0 fully saturated rings. The SMILES string of the molecule is CCN(CC(=O)NC(C)C)C(=O)c1ccc2[nH]c3c(c2c1)CCCC3. The fraction of sp³-hybridized carbons (Fsp3) is 0.500. The van der Waals surface area contributed by atoms with Gasteiger partial charge in [-0.25, -0.2) is 0 Å². The molecule has 2 N–H and O–H groups in total. The summed E-state index contributed by atoms with van der Waals surface area (Å²) in [6, 6.07) is 5.91. The highest BCUT2D eigenvalue weighted by atomic mass is 16.2. The molecule has 2 amide bonds. The summed E-state index contributed by atoms with van der Waals surface area (Å²) in [5, 5.41) is 4.00. The Bertz CT molecular complexity index is 792. The first kappa shape index (κ1) is 17.5. The maximum atomic E-state index is 12.9. The van der Waals surface area contributed by atoms with E-state index in [-0.39, 0.29) is 24.4 Å². The molecular formula is C20H27N3O2. The average Bonchev–Trinajstić information content (AvgIpc) is 2.96. The van der Waals surface area contributed by atoms with Crippen LogP contribution in [-0.2, 0) is 17.6 Å². The van der Waals surface area contributed by atoms with E-state index in [0.717, 1.165) is 23.7 Å². The predicted molar refractivity (Wildman–Crippen MR) is 99.8 cm³/mol. The van der Waals surface area contributed by atoms with Gasteiger partial charge in [0.1, 0.15) is 0 Å². The Kier molecular flexibility index (Phi) is 5.11. The number of benzene rings is 1. The van der Waals surface area contributed by atoms with E-state index in [1.54, 1.807) is 4.90 Å². The number of aromatic nitrogens is 1.